The Kier molecular flexibility index (Phi) is 5.98. The van der Waals surface area contributed by atoms with Crippen LogP contribution >= 0.6 is 0 Å². The fourth-order valence-corrected chi connectivity index (χ4v) is 0.738. The predicted octanol–water partition coefficient (Wildman–Crippen LogP) is 2.21. The molecule has 0 heterocycles. The van der Waals surface area contributed by atoms with Crippen LogP contribution in [-0.4, -0.2) is 32.2 Å². The molecule has 0 rings (SSSR count). The number of allylic oxidation sites excluding steroid dienone is 3. The van der Waals surface area contributed by atoms with E-state index in [1.54, 1.807) is 7.11 Å². The first-order chi connectivity index (χ1) is 6.07. The van der Waals surface area contributed by atoms with Crippen molar-refractivity contribution in [2.45, 2.75) is 6.92 Å². The van der Waals surface area contributed by atoms with Crippen LogP contribution in [0.15, 0.2) is 36.6 Å². The smallest absolute Gasteiger partial charge is 0.0637 e. The molecule has 0 aliphatic heterocycles. The summed E-state index contributed by atoms with van der Waals surface area (Å²) < 4.78 is 4.96. The van der Waals surface area contributed by atoms with Crippen LogP contribution in [0.2, 0.25) is 0 Å². The minimum atomic E-state index is 0.719. The molecular weight excluding hydrogens is 162 g/mol. The summed E-state index contributed by atoms with van der Waals surface area (Å²) in [5.74, 6) is 0. The fourth-order valence-electron chi connectivity index (χ4n) is 0.738. The van der Waals surface area contributed by atoms with Gasteiger partial charge in [0.2, 0.25) is 0 Å². The van der Waals surface area contributed by atoms with E-state index in [4.69, 9.17) is 4.74 Å². The van der Waals surface area contributed by atoms with E-state index >= 15 is 0 Å². The zero-order valence-corrected chi connectivity index (χ0v) is 8.84. The van der Waals surface area contributed by atoms with E-state index in [9.17, 15) is 0 Å². The molecule has 13 heavy (non-hydrogen) atoms. The molecule has 0 unspecified atom stereocenters. The fraction of sp³-hybridized carbons (Fsp3) is 0.455. The van der Waals surface area contributed by atoms with Gasteiger partial charge in [-0.05, 0) is 13.0 Å². The largest absolute Gasteiger partial charge is 0.383 e. The number of hydrogen-bond acceptors (Lipinski definition) is 2. The topological polar surface area (TPSA) is 12.5 Å². The van der Waals surface area contributed by atoms with E-state index in [2.05, 4.69) is 13.2 Å². The maximum absolute atomic E-state index is 4.96. The summed E-state index contributed by atoms with van der Waals surface area (Å²) in [4.78, 5) is 2.04. The van der Waals surface area contributed by atoms with Crippen LogP contribution in [0.1, 0.15) is 6.92 Å². The third-order valence-electron chi connectivity index (χ3n) is 1.68. The van der Waals surface area contributed by atoms with Crippen molar-refractivity contribution in [2.24, 2.45) is 0 Å². The van der Waals surface area contributed by atoms with E-state index in [0.717, 1.165) is 24.4 Å². The Morgan fingerprint density at radius 2 is 2.00 bits per heavy atom. The third kappa shape index (κ3) is 6.17. The van der Waals surface area contributed by atoms with Gasteiger partial charge in [0.05, 0.1) is 6.61 Å². The normalized spacial score (nSPS) is 10.4. The van der Waals surface area contributed by atoms with Crippen LogP contribution in [-0.2, 0) is 4.74 Å². The van der Waals surface area contributed by atoms with Crippen LogP contribution in [0.25, 0.3) is 0 Å². The predicted molar refractivity (Wildman–Crippen MR) is 57.6 cm³/mol. The maximum atomic E-state index is 4.96. The van der Waals surface area contributed by atoms with Gasteiger partial charge >= 0.3 is 0 Å². The first-order valence-corrected chi connectivity index (χ1v) is 4.30. The highest BCUT2D eigenvalue weighted by Crippen LogP contribution is 2.01. The second-order valence-electron chi connectivity index (χ2n) is 3.09. The van der Waals surface area contributed by atoms with Crippen molar-refractivity contribution in [1.29, 1.82) is 0 Å². The van der Waals surface area contributed by atoms with Crippen molar-refractivity contribution in [2.75, 3.05) is 27.3 Å². The van der Waals surface area contributed by atoms with Crippen LogP contribution in [0.4, 0.5) is 0 Å². The first kappa shape index (κ1) is 12.0. The van der Waals surface area contributed by atoms with Crippen molar-refractivity contribution >= 4 is 0 Å². The van der Waals surface area contributed by atoms with Gasteiger partial charge in [-0.2, -0.15) is 0 Å². The molecule has 0 aromatic rings. The zero-order valence-electron chi connectivity index (χ0n) is 8.84. The Balaban J connectivity index is 3.89. The molecule has 0 saturated heterocycles. The van der Waals surface area contributed by atoms with Crippen LogP contribution in [0.3, 0.4) is 0 Å². The zero-order chi connectivity index (χ0) is 10.3. The third-order valence-corrected chi connectivity index (χ3v) is 1.68. The van der Waals surface area contributed by atoms with Gasteiger partial charge in [-0.3, -0.25) is 0 Å². The maximum Gasteiger partial charge on any atom is 0.0637 e. The minimum absolute atomic E-state index is 0.719. The number of ether oxygens (including phenoxy) is 1. The molecule has 0 aliphatic carbocycles. The molecule has 0 aromatic heterocycles. The molecule has 0 aliphatic rings. The molecule has 0 spiro atoms. The molecule has 2 heteroatoms. The standard InChI is InChI=1S/C11H19NO/c1-10(2)6-7-11(3)12(4)8-9-13-5/h6-7H,1,3,8-9H2,2,4-5H3/b7-6-. The van der Waals surface area contributed by atoms with Gasteiger partial charge in [0, 0.05) is 26.4 Å². The van der Waals surface area contributed by atoms with Crippen molar-refractivity contribution in [3.63, 3.8) is 0 Å². The number of likely N-dealkylation sites (N-methyl/N-ethyl adjacent to an activating group) is 1. The van der Waals surface area contributed by atoms with Gasteiger partial charge in [-0.15, -0.1) is 0 Å². The second-order valence-corrected chi connectivity index (χ2v) is 3.09. The van der Waals surface area contributed by atoms with Gasteiger partial charge in [0.1, 0.15) is 0 Å². The Morgan fingerprint density at radius 3 is 2.46 bits per heavy atom. The highest BCUT2D eigenvalue weighted by molar-refractivity contribution is 5.21. The minimum Gasteiger partial charge on any atom is -0.383 e. The van der Waals surface area contributed by atoms with Crippen molar-refractivity contribution in [1.82, 2.24) is 4.90 Å². The Morgan fingerprint density at radius 1 is 1.38 bits per heavy atom. The number of rotatable bonds is 6. The Hall–Kier alpha value is -1.02. The molecule has 0 amide bonds. The van der Waals surface area contributed by atoms with Gasteiger partial charge in [0.25, 0.3) is 0 Å². The lowest BCUT2D eigenvalue weighted by Crippen LogP contribution is -2.20. The lowest BCUT2D eigenvalue weighted by molar-refractivity contribution is 0.175. The van der Waals surface area contributed by atoms with Gasteiger partial charge in [-0.1, -0.05) is 24.8 Å². The lowest BCUT2D eigenvalue weighted by Gasteiger charge is -2.18. The van der Waals surface area contributed by atoms with E-state index in [0.29, 0.717) is 0 Å². The molecule has 0 bridgehead atoms. The summed E-state index contributed by atoms with van der Waals surface area (Å²) in [5.41, 5.74) is 2.00. The molecule has 0 atom stereocenters. The summed E-state index contributed by atoms with van der Waals surface area (Å²) in [6.45, 7) is 11.2. The summed E-state index contributed by atoms with van der Waals surface area (Å²) in [6, 6.07) is 0. The second kappa shape index (κ2) is 6.49. The molecular formula is C11H19NO. The molecule has 0 aromatic carbocycles. The molecule has 0 radical (unpaired) electrons. The molecule has 74 valence electrons. The molecule has 0 N–H and O–H groups in total. The number of hydrogen-bond donors (Lipinski definition) is 0. The SMILES string of the molecule is C=C(C)/C=C\C(=C)N(C)CCOC. The van der Waals surface area contributed by atoms with E-state index < -0.39 is 0 Å². The Bertz CT molecular complexity index is 206. The van der Waals surface area contributed by atoms with Crippen molar-refractivity contribution in [3.05, 3.63) is 36.6 Å². The summed E-state index contributed by atoms with van der Waals surface area (Å²) in [7, 11) is 3.68. The summed E-state index contributed by atoms with van der Waals surface area (Å²) >= 11 is 0. The first-order valence-electron chi connectivity index (χ1n) is 4.30. The monoisotopic (exact) mass is 181 g/mol. The average Bonchev–Trinajstić information content (AvgIpc) is 2.10. The van der Waals surface area contributed by atoms with Crippen LogP contribution in [0, 0.1) is 0 Å². The molecule has 0 saturated carbocycles. The van der Waals surface area contributed by atoms with E-state index in [1.807, 2.05) is 31.0 Å². The highest BCUT2D eigenvalue weighted by atomic mass is 16.5. The van der Waals surface area contributed by atoms with Gasteiger partial charge in [0.15, 0.2) is 0 Å². The number of methoxy groups -OCH3 is 1. The van der Waals surface area contributed by atoms with Gasteiger partial charge in [-0.25, -0.2) is 0 Å². The van der Waals surface area contributed by atoms with Crippen LogP contribution < -0.4 is 0 Å². The van der Waals surface area contributed by atoms with Gasteiger partial charge < -0.3 is 9.64 Å². The van der Waals surface area contributed by atoms with E-state index in [-0.39, 0.29) is 0 Å². The summed E-state index contributed by atoms with van der Waals surface area (Å²) in [5, 5.41) is 0. The number of nitrogens with zero attached hydrogens (tertiary/aromatic N) is 1. The lowest BCUT2D eigenvalue weighted by atomic mass is 10.3. The molecule has 0 fully saturated rings. The molecule has 2 nitrogen and oxygen atoms in total. The average molecular weight is 181 g/mol. The van der Waals surface area contributed by atoms with E-state index in [1.165, 1.54) is 0 Å². The van der Waals surface area contributed by atoms with Crippen molar-refractivity contribution in [3.8, 4) is 0 Å². The Labute approximate surface area is 81.2 Å². The highest BCUT2D eigenvalue weighted by Gasteiger charge is 1.96. The quantitative estimate of drug-likeness (QED) is 0.582. The summed E-state index contributed by atoms with van der Waals surface area (Å²) in [6.07, 6.45) is 3.91. The van der Waals surface area contributed by atoms with Crippen molar-refractivity contribution < 1.29 is 4.74 Å². The van der Waals surface area contributed by atoms with Crippen LogP contribution in [0.5, 0.6) is 0 Å².